The molecule has 0 bridgehead atoms. The van der Waals surface area contributed by atoms with E-state index in [9.17, 15) is 4.79 Å². The van der Waals surface area contributed by atoms with E-state index < -0.39 is 5.97 Å². The number of nitrogens with one attached hydrogen (secondary N) is 1. The van der Waals surface area contributed by atoms with E-state index in [1.54, 1.807) is 11.3 Å². The number of hydrogen-bond donors (Lipinski definition) is 2. The van der Waals surface area contributed by atoms with Gasteiger partial charge in [-0.15, -0.1) is 11.3 Å². The number of halogens is 1. The van der Waals surface area contributed by atoms with Crippen molar-refractivity contribution >= 4 is 33.2 Å². The van der Waals surface area contributed by atoms with Crippen molar-refractivity contribution in [1.29, 1.82) is 0 Å². The second-order valence-electron chi connectivity index (χ2n) is 4.31. The summed E-state index contributed by atoms with van der Waals surface area (Å²) in [6.07, 6.45) is 2.72. The van der Waals surface area contributed by atoms with Crippen molar-refractivity contribution in [1.82, 2.24) is 10.3 Å². The Bertz CT molecular complexity index is 569. The third kappa shape index (κ3) is 4.70. The molecule has 1 aromatic carbocycles. The topological polar surface area (TPSA) is 62.2 Å². The van der Waals surface area contributed by atoms with Crippen LogP contribution in [0.15, 0.2) is 34.9 Å². The van der Waals surface area contributed by atoms with E-state index >= 15 is 0 Å². The largest absolute Gasteiger partial charge is 0.481 e. The van der Waals surface area contributed by atoms with Crippen molar-refractivity contribution in [3.05, 3.63) is 39.8 Å². The Kier molecular flexibility index (Phi) is 5.70. The number of hydrogen-bond acceptors (Lipinski definition) is 4. The molecule has 2 rings (SSSR count). The van der Waals surface area contributed by atoms with Gasteiger partial charge in [0.25, 0.3) is 0 Å². The third-order valence-corrected chi connectivity index (χ3v) is 4.26. The van der Waals surface area contributed by atoms with Crippen molar-refractivity contribution in [3.63, 3.8) is 0 Å². The quantitative estimate of drug-likeness (QED) is 0.746. The molecule has 0 fully saturated rings. The molecule has 0 unspecified atom stereocenters. The van der Waals surface area contributed by atoms with Gasteiger partial charge in [0.1, 0.15) is 5.01 Å². The minimum absolute atomic E-state index is 0.208. The lowest BCUT2D eigenvalue weighted by atomic mass is 10.2. The Morgan fingerprint density at radius 2 is 2.10 bits per heavy atom. The molecule has 6 heteroatoms. The van der Waals surface area contributed by atoms with Crippen LogP contribution in [0.1, 0.15) is 17.7 Å². The minimum Gasteiger partial charge on any atom is -0.481 e. The van der Waals surface area contributed by atoms with Crippen molar-refractivity contribution in [3.8, 4) is 10.6 Å². The fraction of sp³-hybridized carbons (Fsp3) is 0.286. The predicted octanol–water partition coefficient (Wildman–Crippen LogP) is 3.53. The summed E-state index contributed by atoms with van der Waals surface area (Å²) < 4.78 is 1.05. The standard InChI is InChI=1S/C14H15BrN2O2S/c15-11-5-3-10(4-6-11)14-17-9-12(20-14)8-16-7-1-2-13(18)19/h3-6,9,16H,1-2,7-8H2,(H,18,19). The first-order valence-corrected chi connectivity index (χ1v) is 7.89. The van der Waals surface area contributed by atoms with Crippen molar-refractivity contribution in [2.75, 3.05) is 6.54 Å². The highest BCUT2D eigenvalue weighted by Gasteiger charge is 2.04. The monoisotopic (exact) mass is 354 g/mol. The van der Waals surface area contributed by atoms with Crippen LogP contribution >= 0.6 is 27.3 Å². The van der Waals surface area contributed by atoms with Gasteiger partial charge in [-0.05, 0) is 25.1 Å². The summed E-state index contributed by atoms with van der Waals surface area (Å²) in [6.45, 7) is 1.44. The molecule has 1 aromatic heterocycles. The van der Waals surface area contributed by atoms with Crippen LogP contribution in [0, 0.1) is 0 Å². The molecule has 106 valence electrons. The Balaban J connectivity index is 1.83. The molecule has 0 radical (unpaired) electrons. The minimum atomic E-state index is -0.748. The zero-order chi connectivity index (χ0) is 14.4. The van der Waals surface area contributed by atoms with Crippen LogP contribution in [-0.4, -0.2) is 22.6 Å². The summed E-state index contributed by atoms with van der Waals surface area (Å²) >= 11 is 5.06. The molecule has 4 nitrogen and oxygen atoms in total. The number of nitrogens with zero attached hydrogens (tertiary/aromatic N) is 1. The van der Waals surface area contributed by atoms with Crippen LogP contribution in [0.3, 0.4) is 0 Å². The second-order valence-corrected chi connectivity index (χ2v) is 6.34. The highest BCUT2D eigenvalue weighted by atomic mass is 79.9. The van der Waals surface area contributed by atoms with Crippen LogP contribution in [0.2, 0.25) is 0 Å². The summed E-state index contributed by atoms with van der Waals surface area (Å²) in [4.78, 5) is 15.9. The van der Waals surface area contributed by atoms with Crippen LogP contribution < -0.4 is 5.32 Å². The van der Waals surface area contributed by atoms with Gasteiger partial charge in [0.15, 0.2) is 0 Å². The number of carbonyl (C=O) groups is 1. The summed E-state index contributed by atoms with van der Waals surface area (Å²) in [7, 11) is 0. The van der Waals surface area contributed by atoms with Crippen molar-refractivity contribution < 1.29 is 9.90 Å². The fourth-order valence-corrected chi connectivity index (χ4v) is 2.84. The third-order valence-electron chi connectivity index (χ3n) is 2.69. The zero-order valence-corrected chi connectivity index (χ0v) is 13.2. The van der Waals surface area contributed by atoms with E-state index in [0.29, 0.717) is 13.0 Å². The van der Waals surface area contributed by atoms with Gasteiger partial charge in [0.05, 0.1) is 0 Å². The Morgan fingerprint density at radius 1 is 1.35 bits per heavy atom. The number of thiazole rings is 1. The van der Waals surface area contributed by atoms with Crippen molar-refractivity contribution in [2.24, 2.45) is 0 Å². The molecule has 0 spiro atoms. The molecule has 2 N–H and O–H groups in total. The summed E-state index contributed by atoms with van der Waals surface area (Å²) in [5.74, 6) is -0.748. The van der Waals surface area contributed by atoms with E-state index in [-0.39, 0.29) is 6.42 Å². The summed E-state index contributed by atoms with van der Waals surface area (Å²) in [5.41, 5.74) is 1.11. The van der Waals surface area contributed by atoms with E-state index in [2.05, 4.69) is 26.2 Å². The van der Waals surface area contributed by atoms with Crippen LogP contribution in [-0.2, 0) is 11.3 Å². The highest BCUT2D eigenvalue weighted by Crippen LogP contribution is 2.26. The molecular formula is C14H15BrN2O2S. The number of carboxylic acids is 1. The van der Waals surface area contributed by atoms with E-state index in [1.807, 2.05) is 30.5 Å². The van der Waals surface area contributed by atoms with Crippen LogP contribution in [0.5, 0.6) is 0 Å². The number of rotatable bonds is 7. The lowest BCUT2D eigenvalue weighted by Gasteiger charge is -2.00. The lowest BCUT2D eigenvalue weighted by molar-refractivity contribution is -0.137. The van der Waals surface area contributed by atoms with Crippen LogP contribution in [0.25, 0.3) is 10.6 Å². The highest BCUT2D eigenvalue weighted by molar-refractivity contribution is 9.10. The van der Waals surface area contributed by atoms with E-state index in [4.69, 9.17) is 5.11 Å². The first kappa shape index (κ1) is 15.2. The van der Waals surface area contributed by atoms with E-state index in [1.165, 1.54) is 0 Å². The van der Waals surface area contributed by atoms with Gasteiger partial charge in [-0.3, -0.25) is 4.79 Å². The van der Waals surface area contributed by atoms with Gasteiger partial charge < -0.3 is 10.4 Å². The van der Waals surface area contributed by atoms with Gasteiger partial charge in [-0.25, -0.2) is 4.98 Å². The Labute approximate surface area is 130 Å². The molecule has 0 amide bonds. The smallest absolute Gasteiger partial charge is 0.303 e. The molecule has 0 saturated carbocycles. The number of benzene rings is 1. The van der Waals surface area contributed by atoms with Gasteiger partial charge in [-0.2, -0.15) is 0 Å². The molecule has 0 aliphatic carbocycles. The van der Waals surface area contributed by atoms with Gasteiger partial charge in [-0.1, -0.05) is 28.1 Å². The number of carboxylic acid groups (broad SMARTS) is 1. The summed E-state index contributed by atoms with van der Waals surface area (Å²) in [5, 5.41) is 12.8. The maximum Gasteiger partial charge on any atom is 0.303 e. The number of aliphatic carboxylic acids is 1. The Hall–Kier alpha value is -1.24. The zero-order valence-electron chi connectivity index (χ0n) is 10.8. The van der Waals surface area contributed by atoms with Crippen LogP contribution in [0.4, 0.5) is 0 Å². The SMILES string of the molecule is O=C(O)CCCNCc1cnc(-c2ccc(Br)cc2)s1. The first-order chi connectivity index (χ1) is 9.65. The summed E-state index contributed by atoms with van der Waals surface area (Å²) in [6, 6.07) is 8.07. The molecule has 0 aliphatic rings. The molecule has 0 aliphatic heterocycles. The molecule has 0 saturated heterocycles. The average molecular weight is 355 g/mol. The second kappa shape index (κ2) is 7.52. The molecule has 2 aromatic rings. The normalized spacial score (nSPS) is 10.7. The molecular weight excluding hydrogens is 340 g/mol. The van der Waals surface area contributed by atoms with Crippen molar-refractivity contribution in [2.45, 2.75) is 19.4 Å². The maximum atomic E-state index is 10.4. The molecule has 20 heavy (non-hydrogen) atoms. The average Bonchev–Trinajstić information content (AvgIpc) is 2.87. The van der Waals surface area contributed by atoms with Gasteiger partial charge in [0, 0.05) is 34.1 Å². The lowest BCUT2D eigenvalue weighted by Crippen LogP contribution is -2.14. The van der Waals surface area contributed by atoms with Gasteiger partial charge in [0.2, 0.25) is 0 Å². The maximum absolute atomic E-state index is 10.4. The fourth-order valence-electron chi connectivity index (χ4n) is 1.69. The van der Waals surface area contributed by atoms with E-state index in [0.717, 1.165) is 26.5 Å². The first-order valence-electron chi connectivity index (χ1n) is 6.28. The molecule has 1 heterocycles. The molecule has 0 atom stereocenters. The predicted molar refractivity (Wildman–Crippen MR) is 83.8 cm³/mol. The Morgan fingerprint density at radius 3 is 2.80 bits per heavy atom. The number of aromatic nitrogens is 1. The van der Waals surface area contributed by atoms with Gasteiger partial charge >= 0.3 is 5.97 Å².